The summed E-state index contributed by atoms with van der Waals surface area (Å²) in [6, 6.07) is 11.2. The molecule has 0 heterocycles. The molecule has 2 N–H and O–H groups in total. The predicted molar refractivity (Wildman–Crippen MR) is 84.1 cm³/mol. The maximum Gasteiger partial charge on any atom is 0.165 e. The number of nitrogens with two attached hydrogens (primary N) is 1. The molecule has 3 heteroatoms. The van der Waals surface area contributed by atoms with Crippen molar-refractivity contribution in [3.05, 3.63) is 64.5 Å². The van der Waals surface area contributed by atoms with Crippen LogP contribution in [0.5, 0.6) is 5.75 Å². The van der Waals surface area contributed by atoms with Crippen LogP contribution >= 0.6 is 0 Å². The number of hydrogen-bond donors (Lipinski definition) is 1. The van der Waals surface area contributed by atoms with Crippen molar-refractivity contribution in [2.45, 2.75) is 32.7 Å². The fourth-order valence-corrected chi connectivity index (χ4v) is 2.69. The third-order valence-corrected chi connectivity index (χ3v) is 3.80. The van der Waals surface area contributed by atoms with Crippen molar-refractivity contribution in [3.8, 4) is 5.75 Å². The zero-order valence-electron chi connectivity index (χ0n) is 13.0. The van der Waals surface area contributed by atoms with Gasteiger partial charge in [-0.1, -0.05) is 29.8 Å². The second-order valence-electron chi connectivity index (χ2n) is 5.88. The van der Waals surface area contributed by atoms with Gasteiger partial charge in [0.05, 0.1) is 7.11 Å². The molecule has 0 aromatic heterocycles. The second-order valence-corrected chi connectivity index (χ2v) is 5.88. The van der Waals surface area contributed by atoms with Crippen molar-refractivity contribution in [3.63, 3.8) is 0 Å². The van der Waals surface area contributed by atoms with Gasteiger partial charge >= 0.3 is 0 Å². The number of ether oxygens (including phenoxy) is 1. The van der Waals surface area contributed by atoms with E-state index in [-0.39, 0.29) is 11.6 Å². The van der Waals surface area contributed by atoms with Crippen LogP contribution in [0.4, 0.5) is 4.39 Å². The van der Waals surface area contributed by atoms with Gasteiger partial charge in [0.15, 0.2) is 11.6 Å². The first-order valence-electron chi connectivity index (χ1n) is 7.02. The molecule has 2 aromatic carbocycles. The molecule has 0 fully saturated rings. The van der Waals surface area contributed by atoms with Crippen molar-refractivity contribution in [2.24, 2.45) is 5.73 Å². The number of rotatable bonds is 4. The highest BCUT2D eigenvalue weighted by atomic mass is 19.1. The second kappa shape index (κ2) is 5.86. The van der Waals surface area contributed by atoms with Crippen LogP contribution in [0.3, 0.4) is 0 Å². The van der Waals surface area contributed by atoms with Crippen molar-refractivity contribution in [2.75, 3.05) is 7.11 Å². The third-order valence-electron chi connectivity index (χ3n) is 3.80. The van der Waals surface area contributed by atoms with Crippen LogP contribution in [-0.4, -0.2) is 7.11 Å². The van der Waals surface area contributed by atoms with Crippen molar-refractivity contribution >= 4 is 0 Å². The first kappa shape index (κ1) is 15.5. The fraction of sp³-hybridized carbons (Fsp3) is 0.333. The lowest BCUT2D eigenvalue weighted by atomic mass is 9.83. The van der Waals surface area contributed by atoms with Gasteiger partial charge in [0.1, 0.15) is 0 Å². The standard InChI is InChI=1S/C18H22FNO/c1-12-5-6-13(2)15(9-12)18(3,20)11-14-7-8-17(21-4)16(19)10-14/h5-10H,11,20H2,1-4H3. The largest absolute Gasteiger partial charge is 0.494 e. The summed E-state index contributed by atoms with van der Waals surface area (Å²) in [4.78, 5) is 0. The van der Waals surface area contributed by atoms with Gasteiger partial charge in [-0.3, -0.25) is 0 Å². The third kappa shape index (κ3) is 3.42. The number of benzene rings is 2. The Bertz CT molecular complexity index is 650. The van der Waals surface area contributed by atoms with Gasteiger partial charge in [0, 0.05) is 5.54 Å². The molecule has 112 valence electrons. The van der Waals surface area contributed by atoms with Gasteiger partial charge < -0.3 is 10.5 Å². The van der Waals surface area contributed by atoms with Crippen LogP contribution in [0, 0.1) is 19.7 Å². The van der Waals surface area contributed by atoms with Crippen LogP contribution < -0.4 is 10.5 Å². The Morgan fingerprint density at radius 2 is 1.86 bits per heavy atom. The van der Waals surface area contributed by atoms with Gasteiger partial charge in [-0.15, -0.1) is 0 Å². The zero-order chi connectivity index (χ0) is 15.6. The summed E-state index contributed by atoms with van der Waals surface area (Å²) >= 11 is 0. The minimum atomic E-state index is -0.545. The molecule has 0 aliphatic heterocycles. The highest BCUT2D eigenvalue weighted by Crippen LogP contribution is 2.28. The Balaban J connectivity index is 2.32. The molecule has 0 saturated carbocycles. The molecular formula is C18H22FNO. The summed E-state index contributed by atoms with van der Waals surface area (Å²) < 4.78 is 18.7. The molecule has 0 radical (unpaired) electrons. The van der Waals surface area contributed by atoms with E-state index in [1.807, 2.05) is 19.9 Å². The summed E-state index contributed by atoms with van der Waals surface area (Å²) in [5.74, 6) is -0.101. The summed E-state index contributed by atoms with van der Waals surface area (Å²) in [5.41, 5.74) is 10.2. The Kier molecular flexibility index (Phi) is 4.33. The molecule has 2 aromatic rings. The smallest absolute Gasteiger partial charge is 0.165 e. The van der Waals surface area contributed by atoms with Crippen LogP contribution in [-0.2, 0) is 12.0 Å². The van der Waals surface area contributed by atoms with Crippen molar-refractivity contribution in [1.29, 1.82) is 0 Å². The molecule has 1 unspecified atom stereocenters. The summed E-state index contributed by atoms with van der Waals surface area (Å²) in [6.07, 6.45) is 0.568. The summed E-state index contributed by atoms with van der Waals surface area (Å²) in [7, 11) is 1.46. The van der Waals surface area contributed by atoms with E-state index in [4.69, 9.17) is 10.5 Å². The lowest BCUT2D eigenvalue weighted by Crippen LogP contribution is -2.36. The Hall–Kier alpha value is -1.87. The maximum atomic E-state index is 13.8. The first-order valence-corrected chi connectivity index (χ1v) is 7.02. The Morgan fingerprint density at radius 3 is 2.48 bits per heavy atom. The normalized spacial score (nSPS) is 13.8. The minimum Gasteiger partial charge on any atom is -0.494 e. The molecule has 0 bridgehead atoms. The Morgan fingerprint density at radius 1 is 1.14 bits per heavy atom. The van der Waals surface area contributed by atoms with Gasteiger partial charge in [-0.05, 0) is 56.0 Å². The lowest BCUT2D eigenvalue weighted by molar-refractivity contribution is 0.385. The van der Waals surface area contributed by atoms with Crippen LogP contribution in [0.2, 0.25) is 0 Å². The van der Waals surface area contributed by atoms with E-state index in [0.29, 0.717) is 6.42 Å². The number of halogens is 1. The SMILES string of the molecule is COc1ccc(CC(C)(N)c2cc(C)ccc2C)cc1F. The highest BCUT2D eigenvalue weighted by molar-refractivity contribution is 5.38. The lowest BCUT2D eigenvalue weighted by Gasteiger charge is -2.28. The molecule has 2 rings (SSSR count). The highest BCUT2D eigenvalue weighted by Gasteiger charge is 2.24. The van der Waals surface area contributed by atoms with Crippen LogP contribution in [0.25, 0.3) is 0 Å². The molecule has 21 heavy (non-hydrogen) atoms. The predicted octanol–water partition coefficient (Wildman–Crippen LogP) is 3.87. The zero-order valence-corrected chi connectivity index (χ0v) is 13.0. The van der Waals surface area contributed by atoms with E-state index in [1.54, 1.807) is 6.07 Å². The topological polar surface area (TPSA) is 35.2 Å². The summed E-state index contributed by atoms with van der Waals surface area (Å²) in [5, 5.41) is 0. The average molecular weight is 287 g/mol. The van der Waals surface area contributed by atoms with Crippen molar-refractivity contribution < 1.29 is 9.13 Å². The van der Waals surface area contributed by atoms with E-state index in [2.05, 4.69) is 25.1 Å². The van der Waals surface area contributed by atoms with Gasteiger partial charge in [-0.25, -0.2) is 4.39 Å². The molecule has 1 atom stereocenters. The van der Waals surface area contributed by atoms with E-state index >= 15 is 0 Å². The number of methoxy groups -OCH3 is 1. The molecule has 0 spiro atoms. The van der Waals surface area contributed by atoms with E-state index in [9.17, 15) is 4.39 Å². The molecule has 0 aliphatic rings. The maximum absolute atomic E-state index is 13.8. The van der Waals surface area contributed by atoms with Gasteiger partial charge in [0.2, 0.25) is 0 Å². The van der Waals surface area contributed by atoms with Crippen LogP contribution in [0.1, 0.15) is 29.2 Å². The number of hydrogen-bond acceptors (Lipinski definition) is 2. The average Bonchev–Trinajstić information content (AvgIpc) is 2.41. The molecule has 0 aliphatic carbocycles. The van der Waals surface area contributed by atoms with E-state index < -0.39 is 5.54 Å². The monoisotopic (exact) mass is 287 g/mol. The van der Waals surface area contributed by atoms with Gasteiger partial charge in [-0.2, -0.15) is 0 Å². The molecule has 2 nitrogen and oxygen atoms in total. The summed E-state index contributed by atoms with van der Waals surface area (Å²) in [6.45, 7) is 6.08. The molecular weight excluding hydrogens is 265 g/mol. The first-order chi connectivity index (χ1) is 9.83. The fourth-order valence-electron chi connectivity index (χ4n) is 2.69. The van der Waals surface area contributed by atoms with Crippen LogP contribution in [0.15, 0.2) is 36.4 Å². The van der Waals surface area contributed by atoms with Gasteiger partial charge in [0.25, 0.3) is 0 Å². The quantitative estimate of drug-likeness (QED) is 0.926. The van der Waals surface area contributed by atoms with E-state index in [0.717, 1.165) is 16.7 Å². The molecule has 0 saturated heterocycles. The Labute approximate surface area is 125 Å². The minimum absolute atomic E-state index is 0.254. The number of aryl methyl sites for hydroxylation is 2. The van der Waals surface area contributed by atoms with E-state index in [1.165, 1.54) is 18.7 Å². The van der Waals surface area contributed by atoms with Crippen molar-refractivity contribution in [1.82, 2.24) is 0 Å². The molecule has 0 amide bonds.